The van der Waals surface area contributed by atoms with Gasteiger partial charge in [0, 0.05) is 11.9 Å². The quantitative estimate of drug-likeness (QED) is 0.699. The van der Waals surface area contributed by atoms with Gasteiger partial charge in [0.15, 0.2) is 0 Å². The van der Waals surface area contributed by atoms with E-state index < -0.39 is 11.9 Å². The zero-order chi connectivity index (χ0) is 18.8. The highest BCUT2D eigenvalue weighted by atomic mass is 32.1. The number of nitrogens with two attached hydrogens (primary N) is 1. The minimum atomic E-state index is -0.859. The molecule has 26 heavy (non-hydrogen) atoms. The summed E-state index contributed by atoms with van der Waals surface area (Å²) < 4.78 is 1.94. The van der Waals surface area contributed by atoms with Crippen LogP contribution < -0.4 is 11.1 Å². The van der Waals surface area contributed by atoms with Crippen LogP contribution in [0.3, 0.4) is 0 Å². The highest BCUT2D eigenvalue weighted by Crippen LogP contribution is 2.29. The molecule has 3 rings (SSSR count). The summed E-state index contributed by atoms with van der Waals surface area (Å²) in [6, 6.07) is 9.97. The Kier molecular flexibility index (Phi) is 5.08. The highest BCUT2D eigenvalue weighted by Gasteiger charge is 2.23. The zero-order valence-corrected chi connectivity index (χ0v) is 15.8. The fourth-order valence-electron chi connectivity index (χ4n) is 2.86. The molecule has 1 atom stereocenters. The summed E-state index contributed by atoms with van der Waals surface area (Å²) in [6.07, 6.45) is 0. The third-order valence-corrected chi connectivity index (χ3v) is 5.21. The van der Waals surface area contributed by atoms with Crippen LogP contribution in [0, 0.1) is 12.8 Å². The topological polar surface area (TPSA) is 90.0 Å². The molecular weight excluding hydrogens is 348 g/mol. The molecule has 0 radical (unpaired) electrons. The van der Waals surface area contributed by atoms with Crippen LogP contribution in [0.2, 0.25) is 0 Å². The first-order valence-electron chi connectivity index (χ1n) is 8.49. The van der Waals surface area contributed by atoms with E-state index in [2.05, 4.69) is 24.3 Å². The van der Waals surface area contributed by atoms with Gasteiger partial charge in [-0.25, -0.2) is 0 Å². The van der Waals surface area contributed by atoms with E-state index in [1.54, 1.807) is 24.3 Å². The van der Waals surface area contributed by atoms with Gasteiger partial charge in [0.1, 0.15) is 10.9 Å². The maximum Gasteiger partial charge on any atom is 0.262 e. The summed E-state index contributed by atoms with van der Waals surface area (Å²) in [5, 5.41) is 8.26. The van der Waals surface area contributed by atoms with Gasteiger partial charge in [-0.1, -0.05) is 44.2 Å². The van der Waals surface area contributed by atoms with E-state index >= 15 is 0 Å². The predicted octanol–water partition coefficient (Wildman–Crippen LogP) is 3.02. The maximum atomic E-state index is 12.7. The molecule has 0 unspecified atom stereocenters. The van der Waals surface area contributed by atoms with Crippen molar-refractivity contribution in [1.82, 2.24) is 15.1 Å². The fourth-order valence-corrected chi connectivity index (χ4v) is 3.93. The third-order valence-electron chi connectivity index (χ3n) is 4.06. The number of fused-ring (bicyclic) bond motifs is 1. The number of aromatic nitrogens is 2. The van der Waals surface area contributed by atoms with E-state index in [9.17, 15) is 9.59 Å². The second kappa shape index (κ2) is 7.29. The van der Waals surface area contributed by atoms with Crippen molar-refractivity contribution in [2.75, 3.05) is 0 Å². The van der Waals surface area contributed by atoms with Crippen molar-refractivity contribution >= 4 is 33.4 Å². The Morgan fingerprint density at radius 3 is 2.58 bits per heavy atom. The van der Waals surface area contributed by atoms with Crippen LogP contribution in [0.15, 0.2) is 36.4 Å². The number of hydrogen-bond acceptors (Lipinski definition) is 4. The second-order valence-corrected chi connectivity index (χ2v) is 7.74. The number of hydrogen-bond donors (Lipinski definition) is 2. The van der Waals surface area contributed by atoms with Crippen molar-refractivity contribution in [2.24, 2.45) is 11.7 Å². The summed E-state index contributed by atoms with van der Waals surface area (Å²) in [7, 11) is 0. The summed E-state index contributed by atoms with van der Waals surface area (Å²) in [4.78, 5) is 26.0. The normalized spacial score (nSPS) is 12.5. The van der Waals surface area contributed by atoms with Crippen LogP contribution in [0.1, 0.15) is 40.8 Å². The number of aryl methyl sites for hydroxylation is 1. The highest BCUT2D eigenvalue weighted by molar-refractivity contribution is 7.20. The Bertz CT molecular complexity index is 943. The number of carbonyl (C=O) groups excluding carboxylic acids is 2. The molecule has 0 fully saturated rings. The van der Waals surface area contributed by atoms with Gasteiger partial charge in [-0.2, -0.15) is 5.10 Å². The number of thiophene rings is 1. The molecule has 0 saturated carbocycles. The predicted molar refractivity (Wildman–Crippen MR) is 103 cm³/mol. The van der Waals surface area contributed by atoms with Crippen LogP contribution in [0.25, 0.3) is 10.2 Å². The van der Waals surface area contributed by atoms with E-state index in [-0.39, 0.29) is 5.91 Å². The molecule has 2 aromatic heterocycles. The molecule has 136 valence electrons. The molecule has 7 heteroatoms. The molecule has 2 amide bonds. The minimum absolute atomic E-state index is 0.311. The Morgan fingerprint density at radius 1 is 1.27 bits per heavy atom. The summed E-state index contributed by atoms with van der Waals surface area (Å²) in [6.45, 7) is 6.98. The van der Waals surface area contributed by atoms with Crippen molar-refractivity contribution in [3.63, 3.8) is 0 Å². The molecule has 0 aliphatic rings. The van der Waals surface area contributed by atoms with Gasteiger partial charge in [-0.05, 0) is 24.5 Å². The summed E-state index contributed by atoms with van der Waals surface area (Å²) >= 11 is 1.38. The number of nitrogens with one attached hydrogen (secondary N) is 1. The average molecular weight is 370 g/mol. The standard InChI is InChI=1S/C19H22N4O2S/c1-11(2)10-23-19-14(12(3)22-23)9-15(26-19)18(25)21-16(17(20)24)13-7-5-4-6-8-13/h4-9,11,16H,10H2,1-3H3,(H2,20,24)(H,21,25)/t16-/m0/s1. The summed E-state index contributed by atoms with van der Waals surface area (Å²) in [5.74, 6) is -0.448. The van der Waals surface area contributed by atoms with E-state index in [0.29, 0.717) is 16.4 Å². The Hall–Kier alpha value is -2.67. The molecule has 0 aliphatic heterocycles. The number of rotatable bonds is 6. The first-order chi connectivity index (χ1) is 12.4. The Balaban J connectivity index is 1.88. The molecule has 1 aromatic carbocycles. The number of benzene rings is 1. The van der Waals surface area contributed by atoms with E-state index in [1.807, 2.05) is 23.7 Å². The van der Waals surface area contributed by atoms with Gasteiger partial charge in [0.25, 0.3) is 5.91 Å². The molecule has 0 spiro atoms. The van der Waals surface area contributed by atoms with Gasteiger partial charge in [0.2, 0.25) is 5.91 Å². The third kappa shape index (κ3) is 3.62. The van der Waals surface area contributed by atoms with Crippen molar-refractivity contribution in [2.45, 2.75) is 33.4 Å². The van der Waals surface area contributed by atoms with Gasteiger partial charge in [-0.15, -0.1) is 11.3 Å². The number of nitrogens with zero attached hydrogens (tertiary/aromatic N) is 2. The SMILES string of the molecule is Cc1nn(CC(C)C)c2sc(C(=O)N[C@H](C(N)=O)c3ccccc3)cc12. The Labute approximate surface area is 156 Å². The molecule has 2 heterocycles. The van der Waals surface area contributed by atoms with Crippen LogP contribution in [0.4, 0.5) is 0 Å². The minimum Gasteiger partial charge on any atom is -0.368 e. The molecule has 0 aliphatic carbocycles. The smallest absolute Gasteiger partial charge is 0.262 e. The molecule has 0 bridgehead atoms. The van der Waals surface area contributed by atoms with Crippen molar-refractivity contribution in [1.29, 1.82) is 0 Å². The zero-order valence-electron chi connectivity index (χ0n) is 15.0. The molecule has 3 aromatic rings. The van der Waals surface area contributed by atoms with E-state index in [0.717, 1.165) is 22.5 Å². The second-order valence-electron chi connectivity index (χ2n) is 6.71. The largest absolute Gasteiger partial charge is 0.368 e. The van der Waals surface area contributed by atoms with Crippen molar-refractivity contribution < 1.29 is 9.59 Å². The lowest BCUT2D eigenvalue weighted by Gasteiger charge is -2.15. The first-order valence-corrected chi connectivity index (χ1v) is 9.30. The number of amides is 2. The lowest BCUT2D eigenvalue weighted by atomic mass is 10.1. The van der Waals surface area contributed by atoms with Crippen LogP contribution in [0.5, 0.6) is 0 Å². The maximum absolute atomic E-state index is 12.7. The van der Waals surface area contributed by atoms with Crippen molar-refractivity contribution in [3.8, 4) is 0 Å². The van der Waals surface area contributed by atoms with Gasteiger partial charge < -0.3 is 11.1 Å². The van der Waals surface area contributed by atoms with Crippen LogP contribution in [-0.4, -0.2) is 21.6 Å². The summed E-state index contributed by atoms with van der Waals surface area (Å²) in [5.41, 5.74) is 7.05. The lowest BCUT2D eigenvalue weighted by Crippen LogP contribution is -2.37. The van der Waals surface area contributed by atoms with Gasteiger partial charge in [0.05, 0.1) is 10.6 Å². The monoisotopic (exact) mass is 370 g/mol. The fraction of sp³-hybridized carbons (Fsp3) is 0.316. The molecule has 3 N–H and O–H groups in total. The van der Waals surface area contributed by atoms with Gasteiger partial charge >= 0.3 is 0 Å². The number of carbonyl (C=O) groups is 2. The molecular formula is C19H22N4O2S. The first kappa shape index (κ1) is 18.1. The van der Waals surface area contributed by atoms with Crippen LogP contribution >= 0.6 is 11.3 Å². The van der Waals surface area contributed by atoms with E-state index in [4.69, 9.17) is 5.73 Å². The van der Waals surface area contributed by atoms with Crippen molar-refractivity contribution in [3.05, 3.63) is 52.5 Å². The number of primary amides is 1. The Morgan fingerprint density at radius 2 is 1.96 bits per heavy atom. The molecule has 6 nitrogen and oxygen atoms in total. The van der Waals surface area contributed by atoms with Crippen LogP contribution in [-0.2, 0) is 11.3 Å². The molecule has 0 saturated heterocycles. The average Bonchev–Trinajstić information content (AvgIpc) is 3.14. The van der Waals surface area contributed by atoms with Gasteiger partial charge in [-0.3, -0.25) is 14.3 Å². The lowest BCUT2D eigenvalue weighted by molar-refractivity contribution is -0.120. The van der Waals surface area contributed by atoms with E-state index in [1.165, 1.54) is 11.3 Å².